The summed E-state index contributed by atoms with van der Waals surface area (Å²) >= 11 is 0. The van der Waals surface area contributed by atoms with Gasteiger partial charge in [0.25, 0.3) is 5.91 Å². The number of nitrogen functional groups attached to an aromatic ring is 1. The van der Waals surface area contributed by atoms with Gasteiger partial charge in [0.15, 0.2) is 0 Å². The number of hydrogen-bond acceptors (Lipinski definition) is 4. The van der Waals surface area contributed by atoms with Crippen LogP contribution in [-0.2, 0) is 6.54 Å². The first-order valence-electron chi connectivity index (χ1n) is 4.80. The van der Waals surface area contributed by atoms with E-state index < -0.39 is 5.91 Å². The van der Waals surface area contributed by atoms with Crippen LogP contribution in [-0.4, -0.2) is 5.91 Å². The third-order valence-electron chi connectivity index (χ3n) is 2.30. The second kappa shape index (κ2) is 4.56. The van der Waals surface area contributed by atoms with Gasteiger partial charge in [-0.2, -0.15) is 0 Å². The van der Waals surface area contributed by atoms with Gasteiger partial charge in [-0.1, -0.05) is 23.3 Å². The molecule has 17 heavy (non-hydrogen) atoms. The molecule has 2 aromatic rings. The number of azide groups is 1. The molecule has 1 aromatic heterocycles. The van der Waals surface area contributed by atoms with Crippen molar-refractivity contribution in [2.75, 3.05) is 0 Å². The molecule has 3 N–H and O–H groups in total. The molecule has 86 valence electrons. The molecule has 0 saturated heterocycles. The summed E-state index contributed by atoms with van der Waals surface area (Å²) in [4.78, 5) is 14.3. The van der Waals surface area contributed by atoms with Crippen molar-refractivity contribution in [2.45, 2.75) is 6.54 Å². The maximum atomic E-state index is 11.6. The van der Waals surface area contributed by atoms with E-state index in [1.165, 1.54) is 0 Å². The molecule has 0 aliphatic heterocycles. The molecule has 1 aromatic carbocycles. The second-order valence-corrected chi connectivity index (χ2v) is 3.26. The lowest BCUT2D eigenvalue weighted by atomic mass is 10.1. The molecule has 1 heterocycles. The number of benzene rings is 1. The Hall–Kier alpha value is -2.50. The van der Waals surface area contributed by atoms with E-state index in [-0.39, 0.29) is 6.54 Å². The standard InChI is InChI=1S/C10H9N5O2/c11-14-10(16)9-6-3-1-2-4-7(6)17-8(9)5-13-15-12/h1-4H,5,11H2,(H,14,16). The SMILES string of the molecule is [N-]=[N+]=NCc1oc2ccccc2c1C(=O)NN. The molecule has 7 nitrogen and oxygen atoms in total. The first kappa shape index (κ1) is 11.0. The molecule has 0 unspecified atom stereocenters. The maximum absolute atomic E-state index is 11.6. The predicted octanol–water partition coefficient (Wildman–Crippen LogP) is 1.85. The minimum Gasteiger partial charge on any atom is -0.460 e. The fraction of sp³-hybridized carbons (Fsp3) is 0.100. The van der Waals surface area contributed by atoms with Crippen molar-refractivity contribution in [2.24, 2.45) is 11.0 Å². The average Bonchev–Trinajstić information content (AvgIpc) is 2.73. The zero-order valence-electron chi connectivity index (χ0n) is 8.75. The number of fused-ring (bicyclic) bond motifs is 1. The molecule has 0 aliphatic carbocycles. The number of amides is 1. The number of carbonyl (C=O) groups excluding carboxylic acids is 1. The van der Waals surface area contributed by atoms with E-state index in [1.807, 2.05) is 5.43 Å². The highest BCUT2D eigenvalue weighted by molar-refractivity contribution is 6.07. The Labute approximate surface area is 95.8 Å². The number of carbonyl (C=O) groups is 1. The van der Waals surface area contributed by atoms with Gasteiger partial charge >= 0.3 is 0 Å². The summed E-state index contributed by atoms with van der Waals surface area (Å²) in [5.41, 5.74) is 11.2. The summed E-state index contributed by atoms with van der Waals surface area (Å²) in [6.07, 6.45) is 0. The van der Waals surface area contributed by atoms with Crippen LogP contribution in [0.1, 0.15) is 16.1 Å². The van der Waals surface area contributed by atoms with E-state index in [9.17, 15) is 4.79 Å². The molecular weight excluding hydrogens is 222 g/mol. The topological polar surface area (TPSA) is 117 Å². The highest BCUT2D eigenvalue weighted by atomic mass is 16.3. The van der Waals surface area contributed by atoms with E-state index >= 15 is 0 Å². The van der Waals surface area contributed by atoms with Crippen LogP contribution in [0.15, 0.2) is 33.8 Å². The highest BCUT2D eigenvalue weighted by Crippen LogP contribution is 2.26. The van der Waals surface area contributed by atoms with Crippen molar-refractivity contribution in [1.29, 1.82) is 0 Å². The second-order valence-electron chi connectivity index (χ2n) is 3.26. The Morgan fingerprint density at radius 2 is 2.29 bits per heavy atom. The summed E-state index contributed by atoms with van der Waals surface area (Å²) in [7, 11) is 0. The van der Waals surface area contributed by atoms with Gasteiger partial charge in [0.05, 0.1) is 12.1 Å². The number of hydrazine groups is 1. The zero-order chi connectivity index (χ0) is 12.3. The van der Waals surface area contributed by atoms with Gasteiger partial charge in [0, 0.05) is 10.3 Å². The fourth-order valence-electron chi connectivity index (χ4n) is 1.62. The van der Waals surface area contributed by atoms with Crippen molar-refractivity contribution in [3.05, 3.63) is 46.0 Å². The summed E-state index contributed by atoms with van der Waals surface area (Å²) in [6.45, 7) is -0.0338. The van der Waals surface area contributed by atoms with Gasteiger partial charge in [-0.25, -0.2) is 5.84 Å². The fourth-order valence-corrected chi connectivity index (χ4v) is 1.62. The van der Waals surface area contributed by atoms with Crippen LogP contribution in [0.4, 0.5) is 0 Å². The van der Waals surface area contributed by atoms with Gasteiger partial charge in [0.1, 0.15) is 11.3 Å². The van der Waals surface area contributed by atoms with E-state index in [0.29, 0.717) is 22.3 Å². The van der Waals surface area contributed by atoms with E-state index in [0.717, 1.165) is 0 Å². The van der Waals surface area contributed by atoms with E-state index in [2.05, 4.69) is 10.0 Å². The van der Waals surface area contributed by atoms with Crippen LogP contribution in [0.3, 0.4) is 0 Å². The molecule has 0 aliphatic rings. The first-order valence-corrected chi connectivity index (χ1v) is 4.80. The Morgan fingerprint density at radius 1 is 1.53 bits per heavy atom. The summed E-state index contributed by atoms with van der Waals surface area (Å²) in [5, 5.41) is 4.02. The number of nitrogens with zero attached hydrogens (tertiary/aromatic N) is 3. The average molecular weight is 231 g/mol. The van der Waals surface area contributed by atoms with Gasteiger partial charge in [-0.3, -0.25) is 10.2 Å². The molecule has 0 radical (unpaired) electrons. The molecule has 0 saturated carbocycles. The number of nitrogens with two attached hydrogens (primary N) is 1. The normalized spacial score (nSPS) is 9.94. The summed E-state index contributed by atoms with van der Waals surface area (Å²) in [6, 6.07) is 7.03. The monoisotopic (exact) mass is 231 g/mol. The number of hydrogen-bond donors (Lipinski definition) is 2. The molecule has 1 amide bonds. The summed E-state index contributed by atoms with van der Waals surface area (Å²) < 4.78 is 5.44. The van der Waals surface area contributed by atoms with Gasteiger partial charge in [0.2, 0.25) is 0 Å². The molecule has 0 bridgehead atoms. The minimum atomic E-state index is -0.474. The van der Waals surface area contributed by atoms with Gasteiger partial charge < -0.3 is 4.42 Å². The molecule has 0 atom stereocenters. The number of rotatable bonds is 3. The lowest BCUT2D eigenvalue weighted by Gasteiger charge is -1.98. The smallest absolute Gasteiger partial charge is 0.269 e. The van der Waals surface area contributed by atoms with Crippen molar-refractivity contribution >= 4 is 16.9 Å². The van der Waals surface area contributed by atoms with E-state index in [4.69, 9.17) is 15.8 Å². The molecule has 7 heteroatoms. The first-order chi connectivity index (χ1) is 8.27. The number of nitrogens with one attached hydrogen (secondary N) is 1. The van der Waals surface area contributed by atoms with Crippen LogP contribution in [0.5, 0.6) is 0 Å². The molecule has 0 spiro atoms. The van der Waals surface area contributed by atoms with Crippen LogP contribution in [0, 0.1) is 0 Å². The predicted molar refractivity (Wildman–Crippen MR) is 60.7 cm³/mol. The number of para-hydroxylation sites is 1. The Balaban J connectivity index is 2.64. The lowest BCUT2D eigenvalue weighted by Crippen LogP contribution is -2.30. The minimum absolute atomic E-state index is 0.0338. The van der Waals surface area contributed by atoms with E-state index in [1.54, 1.807) is 24.3 Å². The Morgan fingerprint density at radius 3 is 3.00 bits per heavy atom. The maximum Gasteiger partial charge on any atom is 0.269 e. The lowest BCUT2D eigenvalue weighted by molar-refractivity contribution is 0.0953. The Kier molecular flexibility index (Phi) is 2.95. The molecule has 0 fully saturated rings. The summed E-state index contributed by atoms with van der Waals surface area (Å²) in [5.74, 6) is 4.93. The van der Waals surface area contributed by atoms with Crippen molar-refractivity contribution in [3.63, 3.8) is 0 Å². The van der Waals surface area contributed by atoms with Crippen molar-refractivity contribution in [3.8, 4) is 0 Å². The quantitative estimate of drug-likeness (QED) is 0.209. The van der Waals surface area contributed by atoms with Gasteiger partial charge in [-0.05, 0) is 11.6 Å². The third-order valence-corrected chi connectivity index (χ3v) is 2.30. The van der Waals surface area contributed by atoms with Crippen LogP contribution in [0.2, 0.25) is 0 Å². The largest absolute Gasteiger partial charge is 0.460 e. The van der Waals surface area contributed by atoms with Crippen LogP contribution < -0.4 is 11.3 Å². The highest BCUT2D eigenvalue weighted by Gasteiger charge is 2.18. The molecule has 2 rings (SSSR count). The van der Waals surface area contributed by atoms with Crippen molar-refractivity contribution in [1.82, 2.24) is 5.43 Å². The number of furan rings is 1. The van der Waals surface area contributed by atoms with Crippen LogP contribution in [0.25, 0.3) is 21.4 Å². The molecular formula is C10H9N5O2. The van der Waals surface area contributed by atoms with Gasteiger partial charge in [-0.15, -0.1) is 0 Å². The zero-order valence-corrected chi connectivity index (χ0v) is 8.75. The van der Waals surface area contributed by atoms with Crippen LogP contribution >= 0.6 is 0 Å². The third kappa shape index (κ3) is 1.92. The Bertz CT molecular complexity index is 612. The van der Waals surface area contributed by atoms with Crippen molar-refractivity contribution < 1.29 is 9.21 Å².